The predicted octanol–water partition coefficient (Wildman–Crippen LogP) is 1.89. The fourth-order valence-electron chi connectivity index (χ4n) is 1.97. The minimum atomic E-state index is -4.32. The zero-order valence-corrected chi connectivity index (χ0v) is 14.6. The number of hydrogen-bond acceptors (Lipinski definition) is 5. The Kier molecular flexibility index (Phi) is 5.45. The van der Waals surface area contributed by atoms with E-state index in [4.69, 9.17) is 9.88 Å². The number of nitrogens with two attached hydrogens (primary N) is 1. The highest BCUT2D eigenvalue weighted by atomic mass is 32.2. The van der Waals surface area contributed by atoms with E-state index in [1.54, 1.807) is 24.3 Å². The van der Waals surface area contributed by atoms with Crippen LogP contribution in [0.3, 0.4) is 0 Å². The van der Waals surface area contributed by atoms with E-state index in [1.807, 2.05) is 4.72 Å². The van der Waals surface area contributed by atoms with Crippen LogP contribution in [0.4, 0.5) is 10.1 Å². The standard InChI is InChI=1S/C15H15FN2O5S2/c1-23-14-5-3-2-4-11(14)8-9-24(19,20)18-13-7-6-12(16)10-15(13)25(17,21)22/h2-10,18H,1H3,(H2,17,21,22). The first-order valence-electron chi connectivity index (χ1n) is 6.79. The van der Waals surface area contributed by atoms with Crippen LogP contribution in [0.25, 0.3) is 6.08 Å². The Balaban J connectivity index is 2.36. The summed E-state index contributed by atoms with van der Waals surface area (Å²) >= 11 is 0. The quantitative estimate of drug-likeness (QED) is 0.787. The van der Waals surface area contributed by atoms with E-state index in [0.29, 0.717) is 17.4 Å². The van der Waals surface area contributed by atoms with Crippen molar-refractivity contribution in [1.29, 1.82) is 0 Å². The van der Waals surface area contributed by atoms with E-state index in [9.17, 15) is 21.2 Å². The molecule has 134 valence electrons. The number of nitrogens with one attached hydrogen (secondary N) is 1. The summed E-state index contributed by atoms with van der Waals surface area (Å²) < 4.78 is 67.7. The molecule has 0 fully saturated rings. The maximum absolute atomic E-state index is 13.2. The van der Waals surface area contributed by atoms with E-state index in [0.717, 1.165) is 17.5 Å². The van der Waals surface area contributed by atoms with Gasteiger partial charge in [-0.2, -0.15) is 0 Å². The van der Waals surface area contributed by atoms with Crippen molar-refractivity contribution in [2.45, 2.75) is 4.90 Å². The van der Waals surface area contributed by atoms with Crippen LogP contribution < -0.4 is 14.6 Å². The smallest absolute Gasteiger partial charge is 0.255 e. The van der Waals surface area contributed by atoms with Crippen molar-refractivity contribution < 1.29 is 26.0 Å². The lowest BCUT2D eigenvalue weighted by Crippen LogP contribution is -2.17. The van der Waals surface area contributed by atoms with E-state index in [1.165, 1.54) is 13.2 Å². The van der Waals surface area contributed by atoms with Gasteiger partial charge in [0.05, 0.1) is 18.2 Å². The second-order valence-corrected chi connectivity index (χ2v) is 7.97. The molecule has 0 aliphatic carbocycles. The van der Waals surface area contributed by atoms with Gasteiger partial charge in [0, 0.05) is 5.56 Å². The van der Waals surface area contributed by atoms with Gasteiger partial charge in [-0.15, -0.1) is 0 Å². The van der Waals surface area contributed by atoms with E-state index < -0.39 is 30.8 Å². The summed E-state index contributed by atoms with van der Waals surface area (Å²) in [6, 6.07) is 9.23. The molecule has 0 atom stereocenters. The highest BCUT2D eigenvalue weighted by molar-refractivity contribution is 7.95. The highest BCUT2D eigenvalue weighted by Gasteiger charge is 2.18. The average Bonchev–Trinajstić information content (AvgIpc) is 2.54. The van der Waals surface area contributed by atoms with Crippen molar-refractivity contribution in [3.05, 3.63) is 59.3 Å². The van der Waals surface area contributed by atoms with Crippen LogP contribution in [-0.2, 0) is 20.0 Å². The molecule has 0 bridgehead atoms. The fraction of sp³-hybridized carbons (Fsp3) is 0.0667. The topological polar surface area (TPSA) is 116 Å². The monoisotopic (exact) mass is 386 g/mol. The molecule has 0 aliphatic rings. The number of anilines is 1. The molecule has 0 spiro atoms. The summed E-state index contributed by atoms with van der Waals surface area (Å²) in [6.07, 6.45) is 1.28. The average molecular weight is 386 g/mol. The lowest BCUT2D eigenvalue weighted by Gasteiger charge is -2.09. The minimum absolute atomic E-state index is 0.353. The minimum Gasteiger partial charge on any atom is -0.496 e. The number of sulfonamides is 2. The normalized spacial score (nSPS) is 12.3. The number of benzene rings is 2. The fourth-order valence-corrected chi connectivity index (χ4v) is 3.62. The number of halogens is 1. The second kappa shape index (κ2) is 7.21. The van der Waals surface area contributed by atoms with Gasteiger partial charge in [0.1, 0.15) is 16.5 Å². The lowest BCUT2D eigenvalue weighted by atomic mass is 10.2. The molecule has 0 aliphatic heterocycles. The molecule has 2 rings (SSSR count). The van der Waals surface area contributed by atoms with E-state index in [-0.39, 0.29) is 5.69 Å². The molecule has 0 unspecified atom stereocenters. The highest BCUT2D eigenvalue weighted by Crippen LogP contribution is 2.23. The Morgan fingerprint density at radius 3 is 2.44 bits per heavy atom. The largest absolute Gasteiger partial charge is 0.496 e. The molecule has 3 N–H and O–H groups in total. The van der Waals surface area contributed by atoms with Crippen LogP contribution in [0.1, 0.15) is 5.56 Å². The van der Waals surface area contributed by atoms with Crippen LogP contribution in [-0.4, -0.2) is 23.9 Å². The Hall–Kier alpha value is -2.43. The van der Waals surface area contributed by atoms with Crippen LogP contribution in [0.15, 0.2) is 52.8 Å². The predicted molar refractivity (Wildman–Crippen MR) is 92.3 cm³/mol. The van der Waals surface area contributed by atoms with Crippen LogP contribution in [0.2, 0.25) is 0 Å². The number of hydrogen-bond donors (Lipinski definition) is 2. The maximum Gasteiger partial charge on any atom is 0.255 e. The van der Waals surface area contributed by atoms with Crippen molar-refractivity contribution in [1.82, 2.24) is 0 Å². The molecule has 25 heavy (non-hydrogen) atoms. The summed E-state index contributed by atoms with van der Waals surface area (Å²) in [6.45, 7) is 0. The van der Waals surface area contributed by atoms with Crippen LogP contribution in [0.5, 0.6) is 5.75 Å². The number of para-hydroxylation sites is 1. The molecule has 0 saturated heterocycles. The first-order valence-corrected chi connectivity index (χ1v) is 9.88. The number of methoxy groups -OCH3 is 1. The van der Waals surface area contributed by atoms with Gasteiger partial charge < -0.3 is 4.74 Å². The molecule has 0 heterocycles. The summed E-state index contributed by atoms with van der Waals surface area (Å²) in [4.78, 5) is -0.665. The Morgan fingerprint density at radius 1 is 1.12 bits per heavy atom. The zero-order valence-electron chi connectivity index (χ0n) is 13.0. The molecule has 2 aromatic carbocycles. The molecule has 0 radical (unpaired) electrons. The molecule has 0 amide bonds. The van der Waals surface area contributed by atoms with Gasteiger partial charge in [0.2, 0.25) is 10.0 Å². The molecular formula is C15H15FN2O5S2. The van der Waals surface area contributed by atoms with Gasteiger partial charge in [-0.05, 0) is 30.3 Å². The first-order chi connectivity index (χ1) is 11.6. The first kappa shape index (κ1) is 18.9. The SMILES string of the molecule is COc1ccccc1C=CS(=O)(=O)Nc1ccc(F)cc1S(N)(=O)=O. The molecule has 7 nitrogen and oxygen atoms in total. The molecule has 10 heteroatoms. The summed E-state index contributed by atoms with van der Waals surface area (Å²) in [5.74, 6) is -0.405. The van der Waals surface area contributed by atoms with E-state index in [2.05, 4.69) is 0 Å². The van der Waals surface area contributed by atoms with E-state index >= 15 is 0 Å². The zero-order chi connectivity index (χ0) is 18.7. The van der Waals surface area contributed by atoms with Crippen molar-refractivity contribution >= 4 is 31.8 Å². The number of primary sulfonamides is 1. The third kappa shape index (κ3) is 5.02. The third-order valence-electron chi connectivity index (χ3n) is 3.07. The maximum atomic E-state index is 13.2. The summed E-state index contributed by atoms with van der Waals surface area (Å²) in [5, 5.41) is 5.82. The number of rotatable bonds is 6. The lowest BCUT2D eigenvalue weighted by molar-refractivity contribution is 0.414. The molecular weight excluding hydrogens is 371 g/mol. The Bertz CT molecular complexity index is 1020. The van der Waals surface area contributed by atoms with Crippen molar-refractivity contribution in [2.24, 2.45) is 5.14 Å². The Labute approximate surface area is 145 Å². The van der Waals surface area contributed by atoms with Gasteiger partial charge in [0.15, 0.2) is 0 Å². The Morgan fingerprint density at radius 2 is 1.80 bits per heavy atom. The summed E-state index contributed by atoms with van der Waals surface area (Å²) in [5.41, 5.74) is 0.148. The van der Waals surface area contributed by atoms with Crippen LogP contribution in [0, 0.1) is 5.82 Å². The van der Waals surface area contributed by atoms with Gasteiger partial charge >= 0.3 is 0 Å². The molecule has 0 saturated carbocycles. The van der Waals surface area contributed by atoms with Gasteiger partial charge in [-0.1, -0.05) is 18.2 Å². The molecule has 2 aromatic rings. The summed E-state index contributed by atoms with van der Waals surface area (Å²) in [7, 11) is -6.96. The van der Waals surface area contributed by atoms with Crippen LogP contribution >= 0.6 is 0 Å². The number of ether oxygens (including phenoxy) is 1. The van der Waals surface area contributed by atoms with Crippen molar-refractivity contribution in [2.75, 3.05) is 11.8 Å². The van der Waals surface area contributed by atoms with Gasteiger partial charge in [0.25, 0.3) is 10.0 Å². The van der Waals surface area contributed by atoms with Crippen molar-refractivity contribution in [3.63, 3.8) is 0 Å². The third-order valence-corrected chi connectivity index (χ3v) is 5.02. The van der Waals surface area contributed by atoms with Gasteiger partial charge in [-0.3, -0.25) is 4.72 Å². The molecule has 0 aromatic heterocycles. The van der Waals surface area contributed by atoms with Gasteiger partial charge in [-0.25, -0.2) is 26.4 Å². The second-order valence-electron chi connectivity index (χ2n) is 4.88. The van der Waals surface area contributed by atoms with Crippen molar-refractivity contribution in [3.8, 4) is 5.75 Å².